The molecule has 1 aliphatic rings. The summed E-state index contributed by atoms with van der Waals surface area (Å²) in [6.45, 7) is 0.826. The maximum atomic E-state index is 6.12. The molecule has 0 saturated heterocycles. The van der Waals surface area contributed by atoms with Crippen molar-refractivity contribution in [3.8, 4) is 0 Å². The van der Waals surface area contributed by atoms with Gasteiger partial charge in [0.25, 0.3) is 0 Å². The van der Waals surface area contributed by atoms with Gasteiger partial charge < -0.3 is 5.73 Å². The van der Waals surface area contributed by atoms with Crippen LogP contribution in [0.1, 0.15) is 24.8 Å². The fraction of sp³-hybridized carbons (Fsp3) is 0.538. The lowest BCUT2D eigenvalue weighted by Crippen LogP contribution is -2.11. The minimum Gasteiger partial charge on any atom is -0.330 e. The zero-order chi connectivity index (χ0) is 11.4. The first-order valence-corrected chi connectivity index (χ1v) is 7.30. The molecule has 1 fully saturated rings. The van der Waals surface area contributed by atoms with Gasteiger partial charge in [-0.2, -0.15) is 11.8 Å². The largest absolute Gasteiger partial charge is 0.330 e. The van der Waals surface area contributed by atoms with Crippen LogP contribution in [0, 0.1) is 5.41 Å². The van der Waals surface area contributed by atoms with Gasteiger partial charge in [-0.25, -0.2) is 0 Å². The van der Waals surface area contributed by atoms with E-state index in [-0.39, 0.29) is 0 Å². The van der Waals surface area contributed by atoms with E-state index < -0.39 is 0 Å². The second-order valence-electron chi connectivity index (χ2n) is 4.62. The summed E-state index contributed by atoms with van der Waals surface area (Å²) in [4.78, 5) is 0. The predicted molar refractivity (Wildman–Crippen MR) is 73.0 cm³/mol. The van der Waals surface area contributed by atoms with Gasteiger partial charge in [-0.05, 0) is 48.6 Å². The summed E-state index contributed by atoms with van der Waals surface area (Å²) in [7, 11) is 0. The zero-order valence-electron chi connectivity index (χ0n) is 9.42. The van der Waals surface area contributed by atoms with Gasteiger partial charge in [0.15, 0.2) is 0 Å². The highest BCUT2D eigenvalue weighted by Gasteiger charge is 2.41. The van der Waals surface area contributed by atoms with Gasteiger partial charge in [0, 0.05) is 10.8 Å². The average molecular weight is 256 g/mol. The number of benzene rings is 1. The molecule has 3 heteroatoms. The van der Waals surface area contributed by atoms with Crippen molar-refractivity contribution in [1.82, 2.24) is 0 Å². The van der Waals surface area contributed by atoms with Crippen LogP contribution in [0.2, 0.25) is 5.02 Å². The fourth-order valence-corrected chi connectivity index (χ4v) is 3.66. The van der Waals surface area contributed by atoms with Crippen molar-refractivity contribution in [3.63, 3.8) is 0 Å². The highest BCUT2D eigenvalue weighted by atomic mass is 35.5. The van der Waals surface area contributed by atoms with E-state index in [0.29, 0.717) is 5.41 Å². The van der Waals surface area contributed by atoms with E-state index in [1.54, 1.807) is 0 Å². The smallest absolute Gasteiger partial charge is 0.0446 e. The van der Waals surface area contributed by atoms with E-state index in [9.17, 15) is 0 Å². The molecule has 2 N–H and O–H groups in total. The summed E-state index contributed by atoms with van der Waals surface area (Å²) in [5.74, 6) is 2.25. The van der Waals surface area contributed by atoms with Crippen molar-refractivity contribution in [1.29, 1.82) is 0 Å². The van der Waals surface area contributed by atoms with Gasteiger partial charge in [-0.1, -0.05) is 29.8 Å². The number of hydrogen-bond acceptors (Lipinski definition) is 2. The number of halogens is 1. The lowest BCUT2D eigenvalue weighted by Gasteiger charge is -2.13. The van der Waals surface area contributed by atoms with Gasteiger partial charge >= 0.3 is 0 Å². The Morgan fingerprint density at radius 1 is 1.31 bits per heavy atom. The van der Waals surface area contributed by atoms with Crippen LogP contribution in [-0.2, 0) is 5.75 Å². The molecule has 0 spiro atoms. The van der Waals surface area contributed by atoms with Gasteiger partial charge in [0.2, 0.25) is 0 Å². The Morgan fingerprint density at radius 3 is 2.69 bits per heavy atom. The second kappa shape index (κ2) is 5.44. The quantitative estimate of drug-likeness (QED) is 0.839. The van der Waals surface area contributed by atoms with E-state index in [1.165, 1.54) is 30.6 Å². The SMILES string of the molecule is NCCC1(CSCc2ccccc2Cl)CC1. The van der Waals surface area contributed by atoms with Crippen LogP contribution in [-0.4, -0.2) is 12.3 Å². The Hall–Kier alpha value is -0.180. The molecule has 0 aliphatic heterocycles. The summed E-state index contributed by atoms with van der Waals surface area (Å²) in [5.41, 5.74) is 7.45. The van der Waals surface area contributed by atoms with Gasteiger partial charge in [0.05, 0.1) is 0 Å². The number of rotatable bonds is 6. The van der Waals surface area contributed by atoms with E-state index in [2.05, 4.69) is 12.1 Å². The fourth-order valence-electron chi connectivity index (χ4n) is 1.94. The third-order valence-electron chi connectivity index (χ3n) is 3.26. The lowest BCUT2D eigenvalue weighted by molar-refractivity contribution is 0.537. The summed E-state index contributed by atoms with van der Waals surface area (Å²) >= 11 is 8.11. The topological polar surface area (TPSA) is 26.0 Å². The molecule has 0 bridgehead atoms. The van der Waals surface area contributed by atoms with Crippen LogP contribution in [0.4, 0.5) is 0 Å². The van der Waals surface area contributed by atoms with E-state index in [1.807, 2.05) is 23.9 Å². The summed E-state index contributed by atoms with van der Waals surface area (Å²) in [6, 6.07) is 8.10. The molecule has 0 radical (unpaired) electrons. The normalized spacial score (nSPS) is 17.4. The monoisotopic (exact) mass is 255 g/mol. The van der Waals surface area contributed by atoms with Crippen LogP contribution in [0.25, 0.3) is 0 Å². The molecule has 0 aromatic heterocycles. The average Bonchev–Trinajstić information content (AvgIpc) is 3.02. The molecule has 1 aromatic carbocycles. The van der Waals surface area contributed by atoms with Crippen molar-refractivity contribution in [2.75, 3.05) is 12.3 Å². The van der Waals surface area contributed by atoms with Gasteiger partial charge in [-0.15, -0.1) is 0 Å². The van der Waals surface area contributed by atoms with E-state index in [4.69, 9.17) is 17.3 Å². The van der Waals surface area contributed by atoms with Crippen LogP contribution in [0.3, 0.4) is 0 Å². The molecule has 0 amide bonds. The van der Waals surface area contributed by atoms with E-state index >= 15 is 0 Å². The molecule has 1 nitrogen and oxygen atoms in total. The summed E-state index contributed by atoms with van der Waals surface area (Å²) in [6.07, 6.45) is 3.90. The maximum absolute atomic E-state index is 6.12. The Kier molecular flexibility index (Phi) is 4.17. The minimum atomic E-state index is 0.570. The minimum absolute atomic E-state index is 0.570. The lowest BCUT2D eigenvalue weighted by atomic mass is 10.1. The Morgan fingerprint density at radius 2 is 2.06 bits per heavy atom. The molecule has 1 aromatic rings. The molecule has 1 aliphatic carbocycles. The first-order chi connectivity index (χ1) is 7.76. The van der Waals surface area contributed by atoms with Crippen LogP contribution >= 0.6 is 23.4 Å². The van der Waals surface area contributed by atoms with Crippen molar-refractivity contribution < 1.29 is 0 Å². The standard InChI is InChI=1S/C13H18ClNS/c14-12-4-2-1-3-11(12)9-16-10-13(5-6-13)7-8-15/h1-4H,5-10,15H2. The molecule has 88 valence electrons. The highest BCUT2D eigenvalue weighted by Crippen LogP contribution is 2.51. The zero-order valence-corrected chi connectivity index (χ0v) is 11.0. The van der Waals surface area contributed by atoms with Crippen LogP contribution in [0.15, 0.2) is 24.3 Å². The molecule has 0 atom stereocenters. The van der Waals surface area contributed by atoms with Gasteiger partial charge in [-0.3, -0.25) is 0 Å². The van der Waals surface area contributed by atoms with Crippen molar-refractivity contribution in [2.24, 2.45) is 11.1 Å². The molecular formula is C13H18ClNS. The van der Waals surface area contributed by atoms with Crippen LogP contribution in [0.5, 0.6) is 0 Å². The third-order valence-corrected chi connectivity index (χ3v) is 4.96. The summed E-state index contributed by atoms with van der Waals surface area (Å²) in [5, 5.41) is 0.888. The third kappa shape index (κ3) is 3.16. The second-order valence-corrected chi connectivity index (χ2v) is 6.02. The Bertz CT molecular complexity index is 350. The molecule has 2 rings (SSSR count). The number of nitrogens with two attached hydrogens (primary N) is 1. The van der Waals surface area contributed by atoms with Crippen molar-refractivity contribution in [3.05, 3.63) is 34.9 Å². The molecule has 1 saturated carbocycles. The van der Waals surface area contributed by atoms with E-state index in [0.717, 1.165) is 17.3 Å². The first-order valence-electron chi connectivity index (χ1n) is 5.77. The Balaban J connectivity index is 1.78. The number of thioether (sulfide) groups is 1. The van der Waals surface area contributed by atoms with Crippen molar-refractivity contribution >= 4 is 23.4 Å². The molecule has 0 heterocycles. The van der Waals surface area contributed by atoms with Crippen molar-refractivity contribution in [2.45, 2.75) is 25.0 Å². The molecular weight excluding hydrogens is 238 g/mol. The highest BCUT2D eigenvalue weighted by molar-refractivity contribution is 7.98. The molecule has 0 unspecified atom stereocenters. The first kappa shape index (κ1) is 12.3. The number of hydrogen-bond donors (Lipinski definition) is 1. The summed E-state index contributed by atoms with van der Waals surface area (Å²) < 4.78 is 0. The Labute approximate surface area is 107 Å². The molecule has 16 heavy (non-hydrogen) atoms. The van der Waals surface area contributed by atoms with Crippen LogP contribution < -0.4 is 5.73 Å². The predicted octanol–water partition coefficient (Wildman–Crippen LogP) is 3.70. The maximum Gasteiger partial charge on any atom is 0.0446 e. The van der Waals surface area contributed by atoms with Gasteiger partial charge in [0.1, 0.15) is 0 Å².